The Labute approximate surface area is 159 Å². The summed E-state index contributed by atoms with van der Waals surface area (Å²) in [6, 6.07) is 11.3. The normalized spacial score (nSPS) is 23.2. The van der Waals surface area contributed by atoms with Gasteiger partial charge in [0.15, 0.2) is 5.96 Å². The lowest BCUT2D eigenvalue weighted by molar-refractivity contribution is 0.372. The fraction of sp³-hybridized carbons (Fsp3) is 0.526. The van der Waals surface area contributed by atoms with E-state index in [4.69, 9.17) is 0 Å². The number of aliphatic imine (C=N–C) groups is 1. The average molecular weight is 371 g/mol. The molecule has 2 aromatic rings. The summed E-state index contributed by atoms with van der Waals surface area (Å²) in [4.78, 5) is 13.8. The minimum atomic E-state index is 0.504. The smallest absolute Gasteiger partial charge is 0.205 e. The van der Waals surface area contributed by atoms with E-state index in [0.29, 0.717) is 12.0 Å². The maximum absolute atomic E-state index is 4.61. The average Bonchev–Trinajstić information content (AvgIpc) is 3.31. The Morgan fingerprint density at radius 3 is 2.65 bits per heavy atom. The number of hydrogen-bond donors (Lipinski definition) is 1. The lowest BCUT2D eigenvalue weighted by Gasteiger charge is -2.36. The van der Waals surface area contributed by atoms with Crippen LogP contribution in [-0.4, -0.2) is 59.5 Å². The number of guanidine groups is 1. The van der Waals surface area contributed by atoms with Crippen molar-refractivity contribution in [3.8, 4) is 0 Å². The summed E-state index contributed by atoms with van der Waals surface area (Å²) >= 11 is 1.52. The largest absolute Gasteiger partial charge is 0.353 e. The lowest BCUT2D eigenvalue weighted by Crippen LogP contribution is -2.53. The van der Waals surface area contributed by atoms with E-state index in [9.17, 15) is 0 Å². The molecule has 2 heterocycles. The van der Waals surface area contributed by atoms with Crippen LogP contribution in [0.5, 0.6) is 0 Å². The summed E-state index contributed by atoms with van der Waals surface area (Å²) in [7, 11) is 1.88. The highest BCUT2D eigenvalue weighted by molar-refractivity contribution is 7.09. The van der Waals surface area contributed by atoms with Crippen molar-refractivity contribution in [2.45, 2.75) is 31.7 Å². The van der Waals surface area contributed by atoms with E-state index in [1.165, 1.54) is 23.5 Å². The van der Waals surface area contributed by atoms with Crippen LogP contribution in [0.1, 0.15) is 30.7 Å². The van der Waals surface area contributed by atoms with Crippen LogP contribution >= 0.6 is 11.5 Å². The van der Waals surface area contributed by atoms with Crippen molar-refractivity contribution in [2.75, 3.05) is 38.1 Å². The van der Waals surface area contributed by atoms with Crippen LogP contribution < -0.4 is 10.2 Å². The zero-order valence-corrected chi connectivity index (χ0v) is 16.2. The molecule has 6 nitrogen and oxygen atoms in total. The SMILES string of the molecule is CCc1nsc(N2CCN(C(=NC)NC3CC3c3ccccc3)CC2)n1. The monoisotopic (exact) mass is 370 g/mol. The lowest BCUT2D eigenvalue weighted by atomic mass is 10.1. The second-order valence-electron chi connectivity index (χ2n) is 6.87. The number of aromatic nitrogens is 2. The quantitative estimate of drug-likeness (QED) is 0.661. The van der Waals surface area contributed by atoms with Gasteiger partial charge in [-0.2, -0.15) is 4.37 Å². The number of aryl methyl sites for hydroxylation is 1. The fourth-order valence-corrected chi connectivity index (χ4v) is 4.31. The van der Waals surface area contributed by atoms with Crippen LogP contribution in [0.3, 0.4) is 0 Å². The molecule has 1 aliphatic carbocycles. The number of anilines is 1. The molecule has 2 unspecified atom stereocenters. The Bertz CT molecular complexity index is 750. The van der Waals surface area contributed by atoms with E-state index in [1.54, 1.807) is 0 Å². The minimum Gasteiger partial charge on any atom is -0.353 e. The second-order valence-corrected chi connectivity index (χ2v) is 7.60. The summed E-state index contributed by atoms with van der Waals surface area (Å²) in [5.74, 6) is 2.59. The topological polar surface area (TPSA) is 56.7 Å². The molecule has 0 spiro atoms. The Morgan fingerprint density at radius 1 is 1.23 bits per heavy atom. The molecule has 2 atom stereocenters. The number of rotatable bonds is 4. The third kappa shape index (κ3) is 3.67. The van der Waals surface area contributed by atoms with Gasteiger partial charge in [0.1, 0.15) is 5.82 Å². The van der Waals surface area contributed by atoms with Crippen molar-refractivity contribution in [2.24, 2.45) is 4.99 Å². The summed E-state index contributed by atoms with van der Waals surface area (Å²) in [5.41, 5.74) is 1.42. The zero-order valence-electron chi connectivity index (χ0n) is 15.4. The van der Waals surface area contributed by atoms with Crippen LogP contribution in [0.4, 0.5) is 5.13 Å². The highest BCUT2D eigenvalue weighted by Gasteiger charge is 2.39. The molecule has 1 aromatic carbocycles. The number of piperazine rings is 1. The van der Waals surface area contributed by atoms with Crippen LogP contribution in [0, 0.1) is 0 Å². The van der Waals surface area contributed by atoms with E-state index >= 15 is 0 Å². The van der Waals surface area contributed by atoms with Crippen LogP contribution in [0.2, 0.25) is 0 Å². The van der Waals surface area contributed by atoms with Crippen molar-refractivity contribution in [1.82, 2.24) is 19.6 Å². The van der Waals surface area contributed by atoms with E-state index in [-0.39, 0.29) is 0 Å². The summed E-state index contributed by atoms with van der Waals surface area (Å²) in [6.45, 7) is 5.95. The van der Waals surface area contributed by atoms with Gasteiger partial charge in [0.05, 0.1) is 0 Å². The van der Waals surface area contributed by atoms with Gasteiger partial charge < -0.3 is 15.1 Å². The molecule has 2 aliphatic rings. The molecule has 1 saturated carbocycles. The zero-order chi connectivity index (χ0) is 17.9. The predicted molar refractivity (Wildman–Crippen MR) is 107 cm³/mol. The Hall–Kier alpha value is -2.15. The van der Waals surface area contributed by atoms with Gasteiger partial charge in [-0.15, -0.1) is 0 Å². The molecule has 4 rings (SSSR count). The fourth-order valence-electron chi connectivity index (χ4n) is 3.51. The Morgan fingerprint density at radius 2 is 2.00 bits per heavy atom. The van der Waals surface area contributed by atoms with Crippen molar-refractivity contribution in [1.29, 1.82) is 0 Å². The van der Waals surface area contributed by atoms with Gasteiger partial charge in [-0.25, -0.2) is 4.98 Å². The van der Waals surface area contributed by atoms with Crippen molar-refractivity contribution in [3.63, 3.8) is 0 Å². The van der Waals surface area contributed by atoms with Gasteiger partial charge in [0.25, 0.3) is 0 Å². The van der Waals surface area contributed by atoms with E-state index < -0.39 is 0 Å². The van der Waals surface area contributed by atoms with Crippen LogP contribution in [0.25, 0.3) is 0 Å². The molecular weight excluding hydrogens is 344 g/mol. The summed E-state index contributed by atoms with van der Waals surface area (Å²) in [5, 5.41) is 4.71. The van der Waals surface area contributed by atoms with E-state index in [1.807, 2.05) is 7.05 Å². The summed E-state index contributed by atoms with van der Waals surface area (Å²) in [6.07, 6.45) is 2.09. The standard InChI is InChI=1S/C19H26N6S/c1-3-17-22-19(26-23-17)25-11-9-24(10-12-25)18(20-2)21-16-13-15(16)14-7-5-4-6-8-14/h4-8,15-16H,3,9-13H2,1-2H3,(H,20,21). The number of nitrogens with zero attached hydrogens (tertiary/aromatic N) is 5. The maximum atomic E-state index is 4.61. The molecule has 26 heavy (non-hydrogen) atoms. The molecule has 138 valence electrons. The van der Waals surface area contributed by atoms with Gasteiger partial charge in [-0.3, -0.25) is 4.99 Å². The van der Waals surface area contributed by atoms with Crippen molar-refractivity contribution < 1.29 is 0 Å². The Kier molecular flexibility index (Phi) is 5.06. The molecule has 0 bridgehead atoms. The van der Waals surface area contributed by atoms with Crippen LogP contribution in [0.15, 0.2) is 35.3 Å². The third-order valence-corrected chi connectivity index (χ3v) is 5.98. The molecule has 1 N–H and O–H groups in total. The van der Waals surface area contributed by atoms with Crippen molar-refractivity contribution in [3.05, 3.63) is 41.7 Å². The molecule has 1 saturated heterocycles. The maximum Gasteiger partial charge on any atom is 0.205 e. The molecule has 7 heteroatoms. The highest BCUT2D eigenvalue weighted by Crippen LogP contribution is 2.40. The number of hydrogen-bond acceptors (Lipinski definition) is 5. The molecule has 0 amide bonds. The Balaban J connectivity index is 1.30. The molecular formula is C19H26N6S. The first-order valence-electron chi connectivity index (χ1n) is 9.39. The number of nitrogens with one attached hydrogen (secondary N) is 1. The minimum absolute atomic E-state index is 0.504. The van der Waals surface area contributed by atoms with Gasteiger partial charge in [0.2, 0.25) is 5.13 Å². The molecule has 1 aliphatic heterocycles. The van der Waals surface area contributed by atoms with E-state index in [0.717, 1.165) is 49.5 Å². The molecule has 2 fully saturated rings. The van der Waals surface area contributed by atoms with Crippen LogP contribution in [-0.2, 0) is 6.42 Å². The van der Waals surface area contributed by atoms with Gasteiger partial charge >= 0.3 is 0 Å². The highest BCUT2D eigenvalue weighted by atomic mass is 32.1. The summed E-state index contributed by atoms with van der Waals surface area (Å²) < 4.78 is 4.40. The second kappa shape index (κ2) is 7.61. The third-order valence-electron chi connectivity index (χ3n) is 5.17. The first-order valence-corrected chi connectivity index (χ1v) is 10.2. The van der Waals surface area contributed by atoms with Gasteiger partial charge in [0, 0.05) is 63.1 Å². The van der Waals surface area contributed by atoms with Gasteiger partial charge in [-0.05, 0) is 12.0 Å². The number of benzene rings is 1. The first-order chi connectivity index (χ1) is 12.8. The first kappa shape index (κ1) is 17.3. The molecule has 1 aromatic heterocycles. The predicted octanol–water partition coefficient (Wildman–Crippen LogP) is 2.35. The van der Waals surface area contributed by atoms with Crippen molar-refractivity contribution >= 4 is 22.6 Å². The molecule has 0 radical (unpaired) electrons. The van der Waals surface area contributed by atoms with E-state index in [2.05, 4.69) is 66.7 Å². The van der Waals surface area contributed by atoms with Gasteiger partial charge in [-0.1, -0.05) is 37.3 Å².